The second-order valence-corrected chi connectivity index (χ2v) is 3.31. The van der Waals surface area contributed by atoms with Gasteiger partial charge in [-0.1, -0.05) is 11.6 Å². The molecule has 84 valence electrons. The number of aryl methyl sites for hydroxylation is 1. The monoisotopic (exact) mass is 231 g/mol. The van der Waals surface area contributed by atoms with Crippen LogP contribution in [0.15, 0.2) is 6.20 Å². The zero-order valence-electron chi connectivity index (χ0n) is 8.79. The van der Waals surface area contributed by atoms with Crippen molar-refractivity contribution in [2.45, 2.75) is 13.5 Å². The number of nitrogens with one attached hydrogen (secondary N) is 1. The highest BCUT2D eigenvalue weighted by atomic mass is 35.5. The van der Waals surface area contributed by atoms with Crippen LogP contribution in [0.3, 0.4) is 0 Å². The van der Waals surface area contributed by atoms with E-state index >= 15 is 0 Å². The minimum absolute atomic E-state index is 0.226. The van der Waals surface area contributed by atoms with Crippen LogP contribution in [0.5, 0.6) is 0 Å². The first-order valence-corrected chi connectivity index (χ1v) is 5.07. The topological polar surface area (TPSA) is 56.2 Å². The van der Waals surface area contributed by atoms with Gasteiger partial charge < -0.3 is 10.1 Å². The molecule has 0 aliphatic heterocycles. The number of aromatic nitrogens is 2. The van der Waals surface area contributed by atoms with Gasteiger partial charge in [-0.25, -0.2) is 0 Å². The summed E-state index contributed by atoms with van der Waals surface area (Å²) >= 11 is 5.86. The fourth-order valence-corrected chi connectivity index (χ4v) is 1.41. The van der Waals surface area contributed by atoms with Gasteiger partial charge in [-0.15, -0.1) is 0 Å². The molecule has 1 aromatic heterocycles. The van der Waals surface area contributed by atoms with Crippen LogP contribution in [-0.2, 0) is 11.3 Å². The number of halogens is 1. The molecule has 1 heterocycles. The predicted octanol–water partition coefficient (Wildman–Crippen LogP) is 0.933. The Morgan fingerprint density at radius 2 is 2.47 bits per heavy atom. The molecule has 1 N–H and O–H groups in total. The molecule has 1 aromatic rings. The van der Waals surface area contributed by atoms with Crippen molar-refractivity contribution in [2.75, 3.05) is 20.3 Å². The van der Waals surface area contributed by atoms with Crippen LogP contribution in [0.4, 0.5) is 0 Å². The Labute approximate surface area is 93.4 Å². The number of ether oxygens (including phenoxy) is 1. The molecule has 0 saturated carbocycles. The van der Waals surface area contributed by atoms with Crippen LogP contribution >= 0.6 is 11.6 Å². The lowest BCUT2D eigenvalue weighted by Crippen LogP contribution is -2.29. The van der Waals surface area contributed by atoms with E-state index in [0.29, 0.717) is 30.4 Å². The zero-order valence-corrected chi connectivity index (χ0v) is 9.54. The third-order valence-corrected chi connectivity index (χ3v) is 2.18. The first-order valence-electron chi connectivity index (χ1n) is 4.69. The summed E-state index contributed by atoms with van der Waals surface area (Å²) in [6.45, 7) is 3.44. The summed E-state index contributed by atoms with van der Waals surface area (Å²) in [7, 11) is 1.58. The van der Waals surface area contributed by atoms with Crippen molar-refractivity contribution < 1.29 is 9.53 Å². The van der Waals surface area contributed by atoms with Crippen LogP contribution < -0.4 is 5.32 Å². The van der Waals surface area contributed by atoms with Gasteiger partial charge in [0.15, 0.2) is 0 Å². The quantitative estimate of drug-likeness (QED) is 0.768. The highest BCUT2D eigenvalue weighted by Gasteiger charge is 2.15. The first kappa shape index (κ1) is 12.0. The number of carbonyl (C=O) groups excluding carboxylic acids is 1. The summed E-state index contributed by atoms with van der Waals surface area (Å²) in [6, 6.07) is 0. The number of amides is 1. The van der Waals surface area contributed by atoms with Crippen LogP contribution in [0.25, 0.3) is 0 Å². The van der Waals surface area contributed by atoms with E-state index in [9.17, 15) is 4.79 Å². The Balaban J connectivity index is 2.67. The second-order valence-electron chi connectivity index (χ2n) is 2.91. The lowest BCUT2D eigenvalue weighted by molar-refractivity contribution is 0.0926. The maximum atomic E-state index is 11.7. The Kier molecular flexibility index (Phi) is 4.58. The Morgan fingerprint density at radius 1 is 1.73 bits per heavy atom. The average molecular weight is 232 g/mol. The van der Waals surface area contributed by atoms with Gasteiger partial charge in [-0.3, -0.25) is 9.48 Å². The van der Waals surface area contributed by atoms with Crippen molar-refractivity contribution in [3.8, 4) is 0 Å². The van der Waals surface area contributed by atoms with Gasteiger partial charge in [-0.2, -0.15) is 5.10 Å². The van der Waals surface area contributed by atoms with Gasteiger partial charge in [0.2, 0.25) is 0 Å². The standard InChI is InChI=1S/C9H14ClN3O2/c1-3-13-8(7(10)6-12-13)9(14)11-4-5-15-2/h6H,3-5H2,1-2H3,(H,11,14). The lowest BCUT2D eigenvalue weighted by Gasteiger charge is -2.06. The molecular formula is C9H14ClN3O2. The van der Waals surface area contributed by atoms with Crippen LogP contribution in [0.1, 0.15) is 17.4 Å². The third kappa shape index (κ3) is 2.94. The number of rotatable bonds is 5. The van der Waals surface area contributed by atoms with Gasteiger partial charge in [-0.05, 0) is 6.92 Å². The van der Waals surface area contributed by atoms with Gasteiger partial charge in [0.1, 0.15) is 5.69 Å². The fourth-order valence-electron chi connectivity index (χ4n) is 1.18. The predicted molar refractivity (Wildman–Crippen MR) is 57.1 cm³/mol. The summed E-state index contributed by atoms with van der Waals surface area (Å²) in [6.07, 6.45) is 1.47. The highest BCUT2D eigenvalue weighted by Crippen LogP contribution is 2.14. The molecule has 1 amide bonds. The fraction of sp³-hybridized carbons (Fsp3) is 0.556. The molecule has 0 saturated heterocycles. The Hall–Kier alpha value is -1.07. The molecule has 0 radical (unpaired) electrons. The largest absolute Gasteiger partial charge is 0.383 e. The summed E-state index contributed by atoms with van der Waals surface area (Å²) in [5, 5.41) is 7.04. The molecule has 0 spiro atoms. The molecule has 0 aliphatic rings. The summed E-state index contributed by atoms with van der Waals surface area (Å²) < 4.78 is 6.39. The van der Waals surface area contributed by atoms with Crippen molar-refractivity contribution in [3.05, 3.63) is 16.9 Å². The number of methoxy groups -OCH3 is 1. The van der Waals surface area contributed by atoms with E-state index in [2.05, 4.69) is 10.4 Å². The van der Waals surface area contributed by atoms with Crippen LogP contribution in [-0.4, -0.2) is 35.9 Å². The molecule has 0 aromatic carbocycles. The molecule has 15 heavy (non-hydrogen) atoms. The molecule has 0 atom stereocenters. The summed E-state index contributed by atoms with van der Waals surface area (Å²) in [4.78, 5) is 11.7. The molecule has 6 heteroatoms. The van der Waals surface area contributed by atoms with Crippen molar-refractivity contribution in [2.24, 2.45) is 0 Å². The summed E-state index contributed by atoms with van der Waals surface area (Å²) in [5.41, 5.74) is 0.398. The third-order valence-electron chi connectivity index (χ3n) is 1.90. The molecule has 0 bridgehead atoms. The van der Waals surface area contributed by atoms with E-state index in [-0.39, 0.29) is 5.91 Å². The molecule has 0 unspecified atom stereocenters. The van der Waals surface area contributed by atoms with E-state index in [1.807, 2.05) is 6.92 Å². The number of hydrogen-bond acceptors (Lipinski definition) is 3. The minimum Gasteiger partial charge on any atom is -0.383 e. The molecule has 1 rings (SSSR count). The molecular weight excluding hydrogens is 218 g/mol. The minimum atomic E-state index is -0.226. The van der Waals surface area contributed by atoms with E-state index in [4.69, 9.17) is 16.3 Å². The van der Waals surface area contributed by atoms with Crippen molar-refractivity contribution in [1.82, 2.24) is 15.1 Å². The molecule has 5 nitrogen and oxygen atoms in total. The van der Waals surface area contributed by atoms with E-state index < -0.39 is 0 Å². The smallest absolute Gasteiger partial charge is 0.271 e. The average Bonchev–Trinajstić information content (AvgIpc) is 2.59. The van der Waals surface area contributed by atoms with Gasteiger partial charge in [0.05, 0.1) is 17.8 Å². The van der Waals surface area contributed by atoms with Crippen molar-refractivity contribution in [1.29, 1.82) is 0 Å². The second kappa shape index (κ2) is 5.72. The van der Waals surface area contributed by atoms with Crippen molar-refractivity contribution in [3.63, 3.8) is 0 Å². The number of hydrogen-bond donors (Lipinski definition) is 1. The maximum Gasteiger partial charge on any atom is 0.271 e. The van der Waals surface area contributed by atoms with Crippen LogP contribution in [0, 0.1) is 0 Å². The number of nitrogens with zero attached hydrogens (tertiary/aromatic N) is 2. The van der Waals surface area contributed by atoms with Crippen molar-refractivity contribution >= 4 is 17.5 Å². The summed E-state index contributed by atoms with van der Waals surface area (Å²) in [5.74, 6) is -0.226. The van der Waals surface area contributed by atoms with Gasteiger partial charge >= 0.3 is 0 Å². The Morgan fingerprint density at radius 3 is 3.07 bits per heavy atom. The highest BCUT2D eigenvalue weighted by molar-refractivity contribution is 6.33. The lowest BCUT2D eigenvalue weighted by atomic mass is 10.4. The SMILES string of the molecule is CCn1ncc(Cl)c1C(=O)NCCOC. The van der Waals surface area contributed by atoms with Gasteiger partial charge in [0, 0.05) is 20.2 Å². The molecule has 0 aliphatic carbocycles. The maximum absolute atomic E-state index is 11.7. The van der Waals surface area contributed by atoms with Crippen LogP contribution in [0.2, 0.25) is 5.02 Å². The van der Waals surface area contributed by atoms with E-state index in [1.165, 1.54) is 6.20 Å². The number of carbonyl (C=O) groups is 1. The Bertz CT molecular complexity index is 338. The molecule has 0 fully saturated rings. The first-order chi connectivity index (χ1) is 7.20. The normalized spacial score (nSPS) is 10.3. The van der Waals surface area contributed by atoms with E-state index in [1.54, 1.807) is 11.8 Å². The van der Waals surface area contributed by atoms with E-state index in [0.717, 1.165) is 0 Å². The van der Waals surface area contributed by atoms with Gasteiger partial charge in [0.25, 0.3) is 5.91 Å². The zero-order chi connectivity index (χ0) is 11.3.